The Morgan fingerprint density at radius 3 is 2.31 bits per heavy atom. The second kappa shape index (κ2) is 6.61. The molecule has 1 aliphatic heterocycles. The zero-order chi connectivity index (χ0) is 12.0. The first-order chi connectivity index (χ1) is 7.65. The molecule has 1 rings (SSSR count). The van der Waals surface area contributed by atoms with E-state index in [2.05, 4.69) is 33.0 Å². The quantitative estimate of drug-likeness (QED) is 0.720. The molecule has 1 fully saturated rings. The molecule has 0 saturated carbocycles. The Balaban J connectivity index is 2.48. The van der Waals surface area contributed by atoms with Gasteiger partial charge in [0.05, 0.1) is 12.2 Å². The summed E-state index contributed by atoms with van der Waals surface area (Å²) in [4.78, 5) is 0. The van der Waals surface area contributed by atoms with E-state index in [9.17, 15) is 0 Å². The van der Waals surface area contributed by atoms with Gasteiger partial charge in [-0.25, -0.2) is 0 Å². The minimum Gasteiger partial charge on any atom is -0.375 e. The second-order valence-electron chi connectivity index (χ2n) is 5.34. The summed E-state index contributed by atoms with van der Waals surface area (Å²) in [5, 5.41) is 3.52. The summed E-state index contributed by atoms with van der Waals surface area (Å²) in [7, 11) is 0. The minimum absolute atomic E-state index is 0.449. The molecule has 0 amide bonds. The molecule has 16 heavy (non-hydrogen) atoms. The standard InChI is InChI=1S/C14H29NO/c1-5-14(6-2,11-15-7-3)10-13-9-8-12(4)16-13/h12-13,15H,5-11H2,1-4H3. The molecule has 2 unspecified atom stereocenters. The van der Waals surface area contributed by atoms with Crippen LogP contribution in [0.5, 0.6) is 0 Å². The molecule has 2 heteroatoms. The number of hydrogen-bond donors (Lipinski definition) is 1. The molecule has 2 nitrogen and oxygen atoms in total. The first-order valence-corrected chi connectivity index (χ1v) is 7.02. The Morgan fingerprint density at radius 1 is 1.19 bits per heavy atom. The van der Waals surface area contributed by atoms with Crippen LogP contribution in [0.4, 0.5) is 0 Å². The first kappa shape index (κ1) is 14.0. The summed E-state index contributed by atoms with van der Waals surface area (Å²) >= 11 is 0. The number of hydrogen-bond acceptors (Lipinski definition) is 2. The van der Waals surface area contributed by atoms with Crippen molar-refractivity contribution in [1.29, 1.82) is 0 Å². The molecule has 0 aliphatic carbocycles. The van der Waals surface area contributed by atoms with Crippen molar-refractivity contribution in [3.8, 4) is 0 Å². The largest absolute Gasteiger partial charge is 0.375 e. The highest BCUT2D eigenvalue weighted by atomic mass is 16.5. The third-order valence-electron chi connectivity index (χ3n) is 4.23. The van der Waals surface area contributed by atoms with Crippen LogP contribution in [-0.2, 0) is 4.74 Å². The molecule has 0 aromatic heterocycles. The van der Waals surface area contributed by atoms with Gasteiger partial charge in [-0.2, -0.15) is 0 Å². The van der Waals surface area contributed by atoms with Gasteiger partial charge in [0.25, 0.3) is 0 Å². The van der Waals surface area contributed by atoms with Gasteiger partial charge in [-0.1, -0.05) is 20.8 Å². The van der Waals surface area contributed by atoms with Crippen molar-refractivity contribution in [2.24, 2.45) is 5.41 Å². The molecule has 1 heterocycles. The van der Waals surface area contributed by atoms with Crippen molar-refractivity contribution in [1.82, 2.24) is 5.32 Å². The monoisotopic (exact) mass is 227 g/mol. The normalized spacial score (nSPS) is 26.2. The fourth-order valence-electron chi connectivity index (χ4n) is 2.77. The zero-order valence-corrected chi connectivity index (χ0v) is 11.5. The summed E-state index contributed by atoms with van der Waals surface area (Å²) in [6, 6.07) is 0. The topological polar surface area (TPSA) is 21.3 Å². The van der Waals surface area contributed by atoms with Gasteiger partial charge < -0.3 is 10.1 Å². The Morgan fingerprint density at radius 2 is 1.88 bits per heavy atom. The minimum atomic E-state index is 0.449. The van der Waals surface area contributed by atoms with Crippen molar-refractivity contribution < 1.29 is 4.74 Å². The second-order valence-corrected chi connectivity index (χ2v) is 5.34. The van der Waals surface area contributed by atoms with Gasteiger partial charge >= 0.3 is 0 Å². The first-order valence-electron chi connectivity index (χ1n) is 7.02. The van der Waals surface area contributed by atoms with Crippen LogP contribution in [0.25, 0.3) is 0 Å². The summed E-state index contributed by atoms with van der Waals surface area (Å²) in [6.45, 7) is 11.2. The van der Waals surface area contributed by atoms with E-state index in [1.54, 1.807) is 0 Å². The molecule has 96 valence electrons. The molecule has 0 radical (unpaired) electrons. The maximum absolute atomic E-state index is 5.97. The maximum atomic E-state index is 5.97. The molecule has 0 aromatic rings. The van der Waals surface area contributed by atoms with Gasteiger partial charge in [-0.3, -0.25) is 0 Å². The van der Waals surface area contributed by atoms with Crippen molar-refractivity contribution in [3.05, 3.63) is 0 Å². The van der Waals surface area contributed by atoms with E-state index in [1.807, 2.05) is 0 Å². The lowest BCUT2D eigenvalue weighted by atomic mass is 9.77. The number of nitrogens with one attached hydrogen (secondary N) is 1. The molecule has 1 N–H and O–H groups in total. The lowest BCUT2D eigenvalue weighted by Gasteiger charge is -2.34. The Bertz CT molecular complexity index is 189. The number of rotatable bonds is 7. The summed E-state index contributed by atoms with van der Waals surface area (Å²) in [5.41, 5.74) is 0.449. The Hall–Kier alpha value is -0.0800. The highest BCUT2D eigenvalue weighted by Crippen LogP contribution is 2.36. The van der Waals surface area contributed by atoms with Crippen LogP contribution in [-0.4, -0.2) is 25.3 Å². The van der Waals surface area contributed by atoms with Gasteiger partial charge in [0.1, 0.15) is 0 Å². The van der Waals surface area contributed by atoms with Gasteiger partial charge in [0.15, 0.2) is 0 Å². The van der Waals surface area contributed by atoms with Gasteiger partial charge in [0.2, 0.25) is 0 Å². The lowest BCUT2D eigenvalue weighted by Crippen LogP contribution is -2.36. The average Bonchev–Trinajstić information content (AvgIpc) is 2.70. The summed E-state index contributed by atoms with van der Waals surface area (Å²) < 4.78 is 5.97. The highest BCUT2D eigenvalue weighted by Gasteiger charge is 2.32. The highest BCUT2D eigenvalue weighted by molar-refractivity contribution is 4.85. The molecular formula is C14H29NO. The molecule has 0 bridgehead atoms. The van der Waals surface area contributed by atoms with Crippen LogP contribution in [0.1, 0.15) is 59.8 Å². The Kier molecular flexibility index (Phi) is 5.77. The summed E-state index contributed by atoms with van der Waals surface area (Å²) in [5.74, 6) is 0. The van der Waals surface area contributed by atoms with Crippen LogP contribution in [0.15, 0.2) is 0 Å². The van der Waals surface area contributed by atoms with E-state index in [1.165, 1.54) is 32.1 Å². The summed E-state index contributed by atoms with van der Waals surface area (Å²) in [6.07, 6.45) is 7.24. The van der Waals surface area contributed by atoms with E-state index >= 15 is 0 Å². The fourth-order valence-corrected chi connectivity index (χ4v) is 2.77. The third-order valence-corrected chi connectivity index (χ3v) is 4.23. The molecule has 1 aliphatic rings. The molecule has 0 aromatic carbocycles. The smallest absolute Gasteiger partial charge is 0.0585 e. The third kappa shape index (κ3) is 3.74. The molecule has 2 atom stereocenters. The molecule has 0 spiro atoms. The SMILES string of the molecule is CCNCC(CC)(CC)CC1CCC(C)O1. The van der Waals surface area contributed by atoms with Gasteiger partial charge in [-0.05, 0) is 51.0 Å². The fraction of sp³-hybridized carbons (Fsp3) is 1.00. The molecule has 1 saturated heterocycles. The predicted octanol–water partition coefficient (Wildman–Crippen LogP) is 3.36. The number of ether oxygens (including phenoxy) is 1. The lowest BCUT2D eigenvalue weighted by molar-refractivity contribution is 0.0189. The van der Waals surface area contributed by atoms with Crippen molar-refractivity contribution >= 4 is 0 Å². The van der Waals surface area contributed by atoms with Crippen molar-refractivity contribution in [2.45, 2.75) is 72.0 Å². The van der Waals surface area contributed by atoms with Crippen molar-refractivity contribution in [3.63, 3.8) is 0 Å². The average molecular weight is 227 g/mol. The predicted molar refractivity (Wildman–Crippen MR) is 69.7 cm³/mol. The Labute approximate surface area is 101 Å². The van der Waals surface area contributed by atoms with E-state index in [4.69, 9.17) is 4.74 Å². The van der Waals surface area contributed by atoms with E-state index < -0.39 is 0 Å². The molecular weight excluding hydrogens is 198 g/mol. The van der Waals surface area contributed by atoms with Gasteiger partial charge in [0, 0.05) is 6.54 Å². The maximum Gasteiger partial charge on any atom is 0.0585 e. The van der Waals surface area contributed by atoms with Crippen LogP contribution >= 0.6 is 0 Å². The van der Waals surface area contributed by atoms with Crippen LogP contribution in [0.3, 0.4) is 0 Å². The zero-order valence-electron chi connectivity index (χ0n) is 11.5. The van der Waals surface area contributed by atoms with Crippen LogP contribution < -0.4 is 5.32 Å². The van der Waals surface area contributed by atoms with Gasteiger partial charge in [-0.15, -0.1) is 0 Å². The van der Waals surface area contributed by atoms with Crippen LogP contribution in [0, 0.1) is 5.41 Å². The van der Waals surface area contributed by atoms with Crippen LogP contribution in [0.2, 0.25) is 0 Å². The van der Waals surface area contributed by atoms with E-state index in [0.717, 1.165) is 13.1 Å². The van der Waals surface area contributed by atoms with Crippen molar-refractivity contribution in [2.75, 3.05) is 13.1 Å². The van der Waals surface area contributed by atoms with E-state index in [-0.39, 0.29) is 0 Å². The van der Waals surface area contributed by atoms with E-state index in [0.29, 0.717) is 17.6 Å².